The smallest absolute Gasteiger partial charge is 0.263 e. The molecular formula is C24H25BrN4O3. The van der Waals surface area contributed by atoms with E-state index in [0.29, 0.717) is 42.8 Å². The first-order chi connectivity index (χ1) is 15.6. The summed E-state index contributed by atoms with van der Waals surface area (Å²) in [5.74, 6) is 2.55. The average molecular weight is 497 g/mol. The second-order valence-corrected chi connectivity index (χ2v) is 8.49. The van der Waals surface area contributed by atoms with Gasteiger partial charge in [0.1, 0.15) is 11.5 Å². The minimum Gasteiger partial charge on any atom is -0.497 e. The van der Waals surface area contributed by atoms with Crippen LogP contribution in [0.1, 0.15) is 18.4 Å². The molecule has 1 amide bonds. The van der Waals surface area contributed by atoms with Crippen molar-refractivity contribution in [2.45, 2.75) is 19.4 Å². The Bertz CT molecular complexity index is 1070. The molecule has 0 unspecified atom stereocenters. The topological polar surface area (TPSA) is 76.6 Å². The predicted molar refractivity (Wildman–Crippen MR) is 126 cm³/mol. The lowest BCUT2D eigenvalue weighted by Gasteiger charge is -2.32. The molecule has 166 valence electrons. The first kappa shape index (κ1) is 22.1. The summed E-state index contributed by atoms with van der Waals surface area (Å²) in [5.41, 5.74) is 1.07. The molecule has 0 atom stereocenters. The molecule has 1 saturated heterocycles. The van der Waals surface area contributed by atoms with E-state index in [1.54, 1.807) is 25.6 Å². The fourth-order valence-electron chi connectivity index (χ4n) is 3.72. The van der Waals surface area contributed by atoms with Crippen molar-refractivity contribution in [2.24, 2.45) is 5.92 Å². The van der Waals surface area contributed by atoms with Gasteiger partial charge in [0, 0.05) is 48.5 Å². The summed E-state index contributed by atoms with van der Waals surface area (Å²) < 4.78 is 12.3. The lowest BCUT2D eigenvalue weighted by atomic mass is 9.96. The van der Waals surface area contributed by atoms with Gasteiger partial charge in [-0.3, -0.25) is 4.79 Å². The zero-order valence-corrected chi connectivity index (χ0v) is 19.4. The molecule has 8 heteroatoms. The average Bonchev–Trinajstić information content (AvgIpc) is 2.83. The number of carbonyl (C=O) groups is 1. The van der Waals surface area contributed by atoms with E-state index in [1.807, 2.05) is 42.5 Å². The predicted octanol–water partition coefficient (Wildman–Crippen LogP) is 4.57. The highest BCUT2D eigenvalue weighted by atomic mass is 79.9. The van der Waals surface area contributed by atoms with Crippen LogP contribution >= 0.6 is 15.9 Å². The maximum atomic E-state index is 12.7. The first-order valence-electron chi connectivity index (χ1n) is 10.5. The lowest BCUT2D eigenvalue weighted by Crippen LogP contribution is -2.40. The molecule has 2 heterocycles. The molecule has 0 aliphatic carbocycles. The van der Waals surface area contributed by atoms with E-state index in [-0.39, 0.29) is 11.8 Å². The first-order valence-corrected chi connectivity index (χ1v) is 11.3. The summed E-state index contributed by atoms with van der Waals surface area (Å²) in [6.45, 7) is 1.95. The van der Waals surface area contributed by atoms with Gasteiger partial charge in [0.2, 0.25) is 5.91 Å². The van der Waals surface area contributed by atoms with Gasteiger partial charge in [-0.2, -0.15) is 0 Å². The highest BCUT2D eigenvalue weighted by Crippen LogP contribution is 2.32. The fourth-order valence-corrected chi connectivity index (χ4v) is 4.16. The standard InChI is InChI=1S/C24H25BrN4O3/c1-31-20-6-3-7-21(15-20)32-24-22(26-10-11-27-24)29-12-8-18(9-13-29)23(30)28-16-17-4-2-5-19(25)14-17/h2-7,10-11,14-15,18H,8-9,12-13,16H2,1H3,(H,28,30). The molecule has 0 bridgehead atoms. The Hall–Kier alpha value is -3.13. The lowest BCUT2D eigenvalue weighted by molar-refractivity contribution is -0.125. The number of rotatable bonds is 7. The zero-order chi connectivity index (χ0) is 22.3. The highest BCUT2D eigenvalue weighted by Gasteiger charge is 2.27. The van der Waals surface area contributed by atoms with Crippen molar-refractivity contribution in [3.8, 4) is 17.4 Å². The summed E-state index contributed by atoms with van der Waals surface area (Å²) in [4.78, 5) is 23.7. The number of ether oxygens (including phenoxy) is 2. The Kier molecular flexibility index (Phi) is 7.21. The molecule has 2 aromatic carbocycles. The van der Waals surface area contributed by atoms with Gasteiger partial charge in [-0.1, -0.05) is 34.1 Å². The molecule has 1 fully saturated rings. The third-order valence-electron chi connectivity index (χ3n) is 5.42. The molecule has 1 N–H and O–H groups in total. The van der Waals surface area contributed by atoms with Gasteiger partial charge in [0.05, 0.1) is 7.11 Å². The van der Waals surface area contributed by atoms with Gasteiger partial charge < -0.3 is 19.7 Å². The van der Waals surface area contributed by atoms with E-state index in [1.165, 1.54) is 0 Å². The van der Waals surface area contributed by atoms with Crippen LogP contribution in [0, 0.1) is 5.92 Å². The van der Waals surface area contributed by atoms with Gasteiger partial charge >= 0.3 is 0 Å². The van der Waals surface area contributed by atoms with Crippen LogP contribution in [0.15, 0.2) is 65.4 Å². The molecular weight excluding hydrogens is 472 g/mol. The number of carbonyl (C=O) groups excluding carboxylic acids is 1. The Balaban J connectivity index is 1.35. The number of anilines is 1. The maximum absolute atomic E-state index is 12.7. The quantitative estimate of drug-likeness (QED) is 0.516. The van der Waals surface area contributed by atoms with Crippen molar-refractivity contribution < 1.29 is 14.3 Å². The second kappa shape index (κ2) is 10.5. The molecule has 3 aromatic rings. The molecule has 1 aliphatic heterocycles. The maximum Gasteiger partial charge on any atom is 0.263 e. The number of halogens is 1. The van der Waals surface area contributed by atoms with Crippen LogP contribution in [0.2, 0.25) is 0 Å². The van der Waals surface area contributed by atoms with Crippen LogP contribution in [0.5, 0.6) is 17.4 Å². The number of nitrogens with one attached hydrogen (secondary N) is 1. The van der Waals surface area contributed by atoms with Gasteiger partial charge in [-0.15, -0.1) is 0 Å². The minimum atomic E-state index is -0.0159. The third kappa shape index (κ3) is 5.56. The Morgan fingerprint density at radius 3 is 2.62 bits per heavy atom. The molecule has 0 spiro atoms. The zero-order valence-electron chi connectivity index (χ0n) is 17.8. The van der Waals surface area contributed by atoms with E-state index in [2.05, 4.69) is 36.1 Å². The fraction of sp³-hybridized carbons (Fsp3) is 0.292. The summed E-state index contributed by atoms with van der Waals surface area (Å²) in [7, 11) is 1.62. The van der Waals surface area contributed by atoms with Crippen LogP contribution in [0.4, 0.5) is 5.82 Å². The minimum absolute atomic E-state index is 0.0159. The number of methoxy groups -OCH3 is 1. The molecule has 1 aromatic heterocycles. The van der Waals surface area contributed by atoms with Gasteiger partial charge in [-0.25, -0.2) is 9.97 Å². The van der Waals surface area contributed by atoms with Crippen LogP contribution in [0.3, 0.4) is 0 Å². The Labute approximate surface area is 195 Å². The van der Waals surface area contributed by atoms with E-state index in [0.717, 1.165) is 22.9 Å². The van der Waals surface area contributed by atoms with Gasteiger partial charge in [0.25, 0.3) is 5.88 Å². The molecule has 0 saturated carbocycles. The van der Waals surface area contributed by atoms with Crippen molar-refractivity contribution in [1.82, 2.24) is 15.3 Å². The van der Waals surface area contributed by atoms with Gasteiger partial charge in [-0.05, 0) is 42.7 Å². The number of amides is 1. The van der Waals surface area contributed by atoms with Crippen molar-refractivity contribution in [3.63, 3.8) is 0 Å². The number of hydrogen-bond donors (Lipinski definition) is 1. The summed E-state index contributed by atoms with van der Waals surface area (Å²) in [6.07, 6.45) is 4.77. The number of nitrogens with zero attached hydrogens (tertiary/aromatic N) is 3. The summed E-state index contributed by atoms with van der Waals surface area (Å²) in [5, 5.41) is 3.06. The number of hydrogen-bond acceptors (Lipinski definition) is 6. The summed E-state index contributed by atoms with van der Waals surface area (Å²) in [6, 6.07) is 15.3. The number of aromatic nitrogens is 2. The van der Waals surface area contributed by atoms with Crippen LogP contribution < -0.4 is 19.7 Å². The van der Waals surface area contributed by atoms with E-state index < -0.39 is 0 Å². The summed E-state index contributed by atoms with van der Waals surface area (Å²) >= 11 is 3.46. The largest absolute Gasteiger partial charge is 0.497 e. The normalized spacial score (nSPS) is 14.1. The van der Waals surface area contributed by atoms with Crippen molar-refractivity contribution in [1.29, 1.82) is 0 Å². The monoisotopic (exact) mass is 496 g/mol. The number of piperidine rings is 1. The van der Waals surface area contributed by atoms with E-state index in [9.17, 15) is 4.79 Å². The Morgan fingerprint density at radius 1 is 1.09 bits per heavy atom. The van der Waals surface area contributed by atoms with Crippen LogP contribution in [-0.2, 0) is 11.3 Å². The SMILES string of the molecule is COc1cccc(Oc2nccnc2N2CCC(C(=O)NCc3cccc(Br)c3)CC2)c1. The highest BCUT2D eigenvalue weighted by molar-refractivity contribution is 9.10. The molecule has 4 rings (SSSR count). The number of benzene rings is 2. The Morgan fingerprint density at radius 2 is 1.84 bits per heavy atom. The van der Waals surface area contributed by atoms with Crippen molar-refractivity contribution >= 4 is 27.7 Å². The molecule has 0 radical (unpaired) electrons. The van der Waals surface area contributed by atoms with Crippen molar-refractivity contribution in [3.05, 3.63) is 71.0 Å². The molecule has 32 heavy (non-hydrogen) atoms. The van der Waals surface area contributed by atoms with E-state index in [4.69, 9.17) is 9.47 Å². The third-order valence-corrected chi connectivity index (χ3v) is 5.92. The molecule has 7 nitrogen and oxygen atoms in total. The van der Waals surface area contributed by atoms with Crippen LogP contribution in [0.25, 0.3) is 0 Å². The van der Waals surface area contributed by atoms with Gasteiger partial charge in [0.15, 0.2) is 5.82 Å². The van der Waals surface area contributed by atoms with Crippen LogP contribution in [-0.4, -0.2) is 36.1 Å². The molecule has 1 aliphatic rings. The van der Waals surface area contributed by atoms with E-state index >= 15 is 0 Å². The van der Waals surface area contributed by atoms with Crippen molar-refractivity contribution in [2.75, 3.05) is 25.1 Å². The second-order valence-electron chi connectivity index (χ2n) is 7.58.